The molecular weight excluding hydrogens is 314 g/mol. The van der Waals surface area contributed by atoms with E-state index in [9.17, 15) is 0 Å². The van der Waals surface area contributed by atoms with E-state index in [4.69, 9.17) is 4.99 Å². The Morgan fingerprint density at radius 2 is 1.38 bits per heavy atom. The van der Waals surface area contributed by atoms with Gasteiger partial charge < -0.3 is 0 Å². The summed E-state index contributed by atoms with van der Waals surface area (Å²) in [4.78, 5) is 5.16. The molecule has 0 aromatic heterocycles. The summed E-state index contributed by atoms with van der Waals surface area (Å²) in [5, 5.41) is 0. The van der Waals surface area contributed by atoms with E-state index in [-0.39, 0.29) is 6.04 Å². The molecule has 128 valence electrons. The minimum absolute atomic E-state index is 0.130. The molecule has 0 fully saturated rings. The lowest BCUT2D eigenvalue weighted by Crippen LogP contribution is -2.18. The standard InChI is InChI=1S/C25H23N/c1-18-10-9-15-22(16-18)25-19(2)23(20-11-5-3-6-12-20)17-24(26-25)21-13-7-4-8-14-21/h3-17,19,25H,1-2H3/t19?,25-/m0/s1. The topological polar surface area (TPSA) is 12.4 Å². The van der Waals surface area contributed by atoms with E-state index in [0.29, 0.717) is 5.92 Å². The maximum absolute atomic E-state index is 5.16. The molecule has 1 heteroatoms. The monoisotopic (exact) mass is 337 g/mol. The molecule has 3 aromatic rings. The van der Waals surface area contributed by atoms with Crippen LogP contribution < -0.4 is 0 Å². The summed E-state index contributed by atoms with van der Waals surface area (Å²) in [6.07, 6.45) is 2.27. The number of rotatable bonds is 3. The second kappa shape index (κ2) is 7.13. The van der Waals surface area contributed by atoms with Gasteiger partial charge in [0.15, 0.2) is 0 Å². The Morgan fingerprint density at radius 3 is 2.04 bits per heavy atom. The molecule has 1 unspecified atom stereocenters. The maximum atomic E-state index is 5.16. The first kappa shape index (κ1) is 16.5. The van der Waals surface area contributed by atoms with Crippen molar-refractivity contribution in [2.45, 2.75) is 19.9 Å². The van der Waals surface area contributed by atoms with Crippen molar-refractivity contribution in [2.75, 3.05) is 0 Å². The van der Waals surface area contributed by atoms with Gasteiger partial charge in [0.2, 0.25) is 0 Å². The third-order valence-electron chi connectivity index (χ3n) is 5.09. The SMILES string of the molecule is Cc1cccc([C@H]2N=C(c3ccccc3)C=C(c3ccccc3)C2C)c1. The largest absolute Gasteiger partial charge is 0.276 e. The van der Waals surface area contributed by atoms with Crippen LogP contribution in [-0.2, 0) is 0 Å². The summed E-state index contributed by atoms with van der Waals surface area (Å²) >= 11 is 0. The molecule has 1 heterocycles. The zero-order valence-corrected chi connectivity index (χ0v) is 15.3. The number of allylic oxidation sites excluding steroid dienone is 1. The Hall–Kier alpha value is -2.93. The van der Waals surface area contributed by atoms with Crippen molar-refractivity contribution in [1.29, 1.82) is 0 Å². The molecule has 1 nitrogen and oxygen atoms in total. The third kappa shape index (κ3) is 3.25. The van der Waals surface area contributed by atoms with E-state index in [2.05, 4.69) is 105 Å². The summed E-state index contributed by atoms with van der Waals surface area (Å²) in [5.41, 5.74) is 7.43. The molecule has 0 spiro atoms. The summed E-state index contributed by atoms with van der Waals surface area (Å²) in [5.74, 6) is 0.326. The summed E-state index contributed by atoms with van der Waals surface area (Å²) < 4.78 is 0. The summed E-state index contributed by atoms with van der Waals surface area (Å²) in [7, 11) is 0. The summed E-state index contributed by atoms with van der Waals surface area (Å²) in [6.45, 7) is 4.43. The molecule has 3 aromatic carbocycles. The Morgan fingerprint density at radius 1 is 0.731 bits per heavy atom. The molecule has 0 amide bonds. The predicted octanol–water partition coefficient (Wildman–Crippen LogP) is 6.26. The van der Waals surface area contributed by atoms with E-state index < -0.39 is 0 Å². The van der Waals surface area contributed by atoms with E-state index in [1.165, 1.54) is 27.8 Å². The molecule has 0 bridgehead atoms. The Kier molecular flexibility index (Phi) is 4.53. The maximum Gasteiger partial charge on any atom is 0.0822 e. The van der Waals surface area contributed by atoms with Crippen LogP contribution in [0.15, 0.2) is 96.0 Å². The smallest absolute Gasteiger partial charge is 0.0822 e. The normalized spacial score (nSPS) is 19.6. The highest BCUT2D eigenvalue weighted by molar-refractivity contribution is 6.13. The number of dihydropyridines is 1. The van der Waals surface area contributed by atoms with Crippen LogP contribution in [0.4, 0.5) is 0 Å². The molecule has 4 rings (SSSR count). The Bertz CT molecular complexity index is 952. The van der Waals surface area contributed by atoms with E-state index in [1.54, 1.807) is 0 Å². The highest BCUT2D eigenvalue weighted by Gasteiger charge is 2.27. The highest BCUT2D eigenvalue weighted by atomic mass is 14.8. The first-order chi connectivity index (χ1) is 12.7. The van der Waals surface area contributed by atoms with Crippen molar-refractivity contribution in [2.24, 2.45) is 10.9 Å². The molecule has 26 heavy (non-hydrogen) atoms. The molecule has 2 atom stereocenters. The van der Waals surface area contributed by atoms with Crippen LogP contribution in [0.5, 0.6) is 0 Å². The predicted molar refractivity (Wildman–Crippen MR) is 110 cm³/mol. The van der Waals surface area contributed by atoms with Gasteiger partial charge in [0.05, 0.1) is 11.8 Å². The van der Waals surface area contributed by atoms with Crippen molar-refractivity contribution in [3.63, 3.8) is 0 Å². The third-order valence-corrected chi connectivity index (χ3v) is 5.09. The van der Waals surface area contributed by atoms with Crippen molar-refractivity contribution >= 4 is 11.3 Å². The fraction of sp³-hybridized carbons (Fsp3) is 0.160. The molecule has 1 aliphatic rings. The molecular formula is C25H23N. The van der Waals surface area contributed by atoms with Gasteiger partial charge in [-0.15, -0.1) is 0 Å². The zero-order valence-electron chi connectivity index (χ0n) is 15.3. The van der Waals surface area contributed by atoms with Crippen LogP contribution >= 0.6 is 0 Å². The second-order valence-corrected chi connectivity index (χ2v) is 6.99. The number of hydrogen-bond donors (Lipinski definition) is 0. The Balaban J connectivity index is 1.85. The van der Waals surface area contributed by atoms with Crippen LogP contribution in [0, 0.1) is 12.8 Å². The van der Waals surface area contributed by atoms with E-state index in [0.717, 1.165) is 5.71 Å². The summed E-state index contributed by atoms with van der Waals surface area (Å²) in [6, 6.07) is 30.0. The number of aryl methyl sites for hydroxylation is 1. The van der Waals surface area contributed by atoms with Crippen LogP contribution in [0.2, 0.25) is 0 Å². The van der Waals surface area contributed by atoms with Gasteiger partial charge in [-0.1, -0.05) is 97.4 Å². The first-order valence-electron chi connectivity index (χ1n) is 9.19. The number of benzene rings is 3. The van der Waals surface area contributed by atoms with Crippen LogP contribution in [-0.4, -0.2) is 5.71 Å². The highest BCUT2D eigenvalue weighted by Crippen LogP contribution is 2.40. The average Bonchev–Trinajstić information content (AvgIpc) is 2.69. The quantitative estimate of drug-likeness (QED) is 0.535. The molecule has 0 aliphatic carbocycles. The fourth-order valence-electron chi connectivity index (χ4n) is 3.71. The number of aliphatic imine (C=N–C) groups is 1. The number of nitrogens with zero attached hydrogens (tertiary/aromatic N) is 1. The van der Waals surface area contributed by atoms with Crippen LogP contribution in [0.25, 0.3) is 5.57 Å². The molecule has 0 saturated carbocycles. The van der Waals surface area contributed by atoms with Gasteiger partial charge in [0.25, 0.3) is 0 Å². The minimum Gasteiger partial charge on any atom is -0.276 e. The van der Waals surface area contributed by atoms with Crippen LogP contribution in [0.3, 0.4) is 0 Å². The fourth-order valence-corrected chi connectivity index (χ4v) is 3.71. The second-order valence-electron chi connectivity index (χ2n) is 6.99. The lowest BCUT2D eigenvalue weighted by atomic mass is 9.81. The van der Waals surface area contributed by atoms with E-state index >= 15 is 0 Å². The lowest BCUT2D eigenvalue weighted by Gasteiger charge is -2.29. The van der Waals surface area contributed by atoms with Crippen LogP contribution in [0.1, 0.15) is 35.2 Å². The van der Waals surface area contributed by atoms with Gasteiger partial charge in [-0.25, -0.2) is 0 Å². The molecule has 0 radical (unpaired) electrons. The average molecular weight is 337 g/mol. The van der Waals surface area contributed by atoms with Gasteiger partial charge in [-0.3, -0.25) is 4.99 Å². The van der Waals surface area contributed by atoms with Gasteiger partial charge >= 0.3 is 0 Å². The lowest BCUT2D eigenvalue weighted by molar-refractivity contribution is 0.579. The zero-order chi connectivity index (χ0) is 17.9. The van der Waals surface area contributed by atoms with Gasteiger partial charge in [0.1, 0.15) is 0 Å². The van der Waals surface area contributed by atoms with Crippen molar-refractivity contribution < 1.29 is 0 Å². The Labute approximate surface area is 155 Å². The molecule has 0 N–H and O–H groups in total. The van der Waals surface area contributed by atoms with Gasteiger partial charge in [-0.05, 0) is 35.3 Å². The van der Waals surface area contributed by atoms with E-state index in [1.807, 2.05) is 0 Å². The number of hydrogen-bond acceptors (Lipinski definition) is 1. The van der Waals surface area contributed by atoms with Crippen molar-refractivity contribution in [3.8, 4) is 0 Å². The minimum atomic E-state index is 0.130. The molecule has 1 aliphatic heterocycles. The first-order valence-corrected chi connectivity index (χ1v) is 9.19. The van der Waals surface area contributed by atoms with Gasteiger partial charge in [0, 0.05) is 5.92 Å². The molecule has 0 saturated heterocycles. The van der Waals surface area contributed by atoms with Crippen molar-refractivity contribution in [3.05, 3.63) is 113 Å². The van der Waals surface area contributed by atoms with Crippen molar-refractivity contribution in [1.82, 2.24) is 0 Å². The van der Waals surface area contributed by atoms with Gasteiger partial charge in [-0.2, -0.15) is 0 Å².